The number of amides is 2. The van der Waals surface area contributed by atoms with Crippen LogP contribution in [0.2, 0.25) is 4.34 Å². The van der Waals surface area contributed by atoms with Gasteiger partial charge < -0.3 is 16.4 Å². The third-order valence-corrected chi connectivity index (χ3v) is 6.48. The summed E-state index contributed by atoms with van der Waals surface area (Å²) in [6, 6.07) is 11.4. The van der Waals surface area contributed by atoms with Crippen molar-refractivity contribution >= 4 is 40.4 Å². The van der Waals surface area contributed by atoms with Gasteiger partial charge in [0.2, 0.25) is 5.91 Å². The molecule has 11 heteroatoms. The van der Waals surface area contributed by atoms with Crippen LogP contribution in [0.25, 0.3) is 5.69 Å². The van der Waals surface area contributed by atoms with Crippen molar-refractivity contribution in [3.05, 3.63) is 80.1 Å². The zero-order chi connectivity index (χ0) is 23.5. The van der Waals surface area contributed by atoms with Gasteiger partial charge in [0.15, 0.2) is 0 Å². The van der Waals surface area contributed by atoms with Crippen LogP contribution in [0, 0.1) is 5.82 Å². The molecule has 172 valence electrons. The number of likely N-dealkylation sites (tertiary alicyclic amines) is 1. The van der Waals surface area contributed by atoms with Gasteiger partial charge >= 0.3 is 0 Å². The number of thiophene rings is 1. The van der Waals surface area contributed by atoms with Crippen molar-refractivity contribution < 1.29 is 14.0 Å². The number of rotatable bonds is 6. The first-order valence-electron chi connectivity index (χ1n) is 10.1. The van der Waals surface area contributed by atoms with E-state index in [0.29, 0.717) is 28.0 Å². The van der Waals surface area contributed by atoms with Crippen molar-refractivity contribution in [1.29, 1.82) is 0 Å². The first-order chi connectivity index (χ1) is 15.8. The number of hydrogen-bond acceptors (Lipinski definition) is 6. The van der Waals surface area contributed by atoms with Crippen molar-refractivity contribution in [3.8, 4) is 5.69 Å². The third kappa shape index (κ3) is 5.48. The van der Waals surface area contributed by atoms with E-state index in [1.165, 1.54) is 40.3 Å². The van der Waals surface area contributed by atoms with Crippen molar-refractivity contribution in [3.63, 3.8) is 0 Å². The van der Waals surface area contributed by atoms with Gasteiger partial charge in [0.1, 0.15) is 5.82 Å². The summed E-state index contributed by atoms with van der Waals surface area (Å²) in [7, 11) is 0. The molecule has 1 aliphatic rings. The minimum atomic E-state index is -0.658. The van der Waals surface area contributed by atoms with Gasteiger partial charge in [-0.05, 0) is 30.3 Å². The molecule has 33 heavy (non-hydrogen) atoms. The van der Waals surface area contributed by atoms with E-state index >= 15 is 0 Å². The molecule has 1 saturated heterocycles. The topological polar surface area (TPSA) is 109 Å². The van der Waals surface area contributed by atoms with Crippen LogP contribution < -0.4 is 21.9 Å². The van der Waals surface area contributed by atoms with Crippen LogP contribution >= 0.6 is 22.9 Å². The molecule has 1 aliphatic heterocycles. The number of halogens is 2. The van der Waals surface area contributed by atoms with Gasteiger partial charge in [-0.2, -0.15) is 0 Å². The van der Waals surface area contributed by atoms with E-state index in [9.17, 15) is 18.8 Å². The third-order valence-electron chi connectivity index (χ3n) is 5.25. The van der Waals surface area contributed by atoms with E-state index in [0.717, 1.165) is 0 Å². The first-order valence-corrected chi connectivity index (χ1v) is 11.3. The fourth-order valence-corrected chi connectivity index (χ4v) is 4.61. The molecule has 2 amide bonds. The molecule has 2 aromatic heterocycles. The second kappa shape index (κ2) is 9.84. The van der Waals surface area contributed by atoms with Crippen LogP contribution in [0.15, 0.2) is 59.5 Å². The van der Waals surface area contributed by atoms with Crippen LogP contribution in [0.4, 0.5) is 10.1 Å². The highest BCUT2D eigenvalue weighted by Crippen LogP contribution is 2.22. The Kier molecular flexibility index (Phi) is 6.89. The van der Waals surface area contributed by atoms with Crippen molar-refractivity contribution in [2.45, 2.75) is 12.1 Å². The first kappa shape index (κ1) is 23.1. The lowest BCUT2D eigenvalue weighted by Gasteiger charge is -2.17. The highest BCUT2D eigenvalue weighted by atomic mass is 35.5. The van der Waals surface area contributed by atoms with Gasteiger partial charge in [0.25, 0.3) is 11.5 Å². The summed E-state index contributed by atoms with van der Waals surface area (Å²) in [5.41, 5.74) is 6.21. The highest BCUT2D eigenvalue weighted by molar-refractivity contribution is 7.18. The second-order valence-electron chi connectivity index (χ2n) is 7.66. The molecule has 0 bridgehead atoms. The normalized spacial score (nSPS) is 18.3. The molecule has 4 N–H and O–H groups in total. The maximum Gasteiger partial charge on any atom is 0.261 e. The zero-order valence-corrected chi connectivity index (χ0v) is 18.9. The minimum Gasteiger partial charge on any atom is -0.346 e. The van der Waals surface area contributed by atoms with Gasteiger partial charge in [0.05, 0.1) is 33.2 Å². The Bertz CT molecular complexity index is 1250. The number of carbonyl (C=O) groups excluding carboxylic acids is 2. The maximum atomic E-state index is 14.6. The SMILES string of the molecule is NC1CN(CC(=O)Nc2ccc(-n3ccccc3=O)cc2F)C[C@@H]1NC(=O)c1ccc(Cl)s1. The lowest BCUT2D eigenvalue weighted by atomic mass is 10.2. The predicted octanol–water partition coefficient (Wildman–Crippen LogP) is 2.07. The number of nitrogens with two attached hydrogens (primary N) is 1. The average Bonchev–Trinajstić information content (AvgIpc) is 3.35. The number of hydrogen-bond donors (Lipinski definition) is 3. The van der Waals surface area contributed by atoms with Crippen LogP contribution in [-0.4, -0.2) is 53.0 Å². The number of nitrogens with zero attached hydrogens (tertiary/aromatic N) is 2. The summed E-state index contributed by atoms with van der Waals surface area (Å²) in [4.78, 5) is 39.0. The summed E-state index contributed by atoms with van der Waals surface area (Å²) in [5, 5.41) is 5.42. The lowest BCUT2D eigenvalue weighted by molar-refractivity contribution is -0.117. The molecule has 4 rings (SSSR count). The lowest BCUT2D eigenvalue weighted by Crippen LogP contribution is -2.46. The molecule has 1 unspecified atom stereocenters. The largest absolute Gasteiger partial charge is 0.346 e. The summed E-state index contributed by atoms with van der Waals surface area (Å²) >= 11 is 7.05. The van der Waals surface area contributed by atoms with Crippen LogP contribution in [0.5, 0.6) is 0 Å². The van der Waals surface area contributed by atoms with E-state index in [4.69, 9.17) is 17.3 Å². The number of nitrogens with one attached hydrogen (secondary N) is 2. The Morgan fingerprint density at radius 3 is 2.70 bits per heavy atom. The zero-order valence-electron chi connectivity index (χ0n) is 17.3. The number of anilines is 1. The van der Waals surface area contributed by atoms with Crippen LogP contribution in [-0.2, 0) is 4.79 Å². The number of pyridine rings is 1. The van der Waals surface area contributed by atoms with E-state index < -0.39 is 11.7 Å². The molecule has 0 saturated carbocycles. The summed E-state index contributed by atoms with van der Waals surface area (Å²) in [5.74, 6) is -1.34. The van der Waals surface area contributed by atoms with E-state index in [1.54, 1.807) is 35.2 Å². The fourth-order valence-electron chi connectivity index (χ4n) is 3.66. The van der Waals surface area contributed by atoms with Gasteiger partial charge in [0, 0.05) is 37.5 Å². The van der Waals surface area contributed by atoms with Gasteiger partial charge in [-0.1, -0.05) is 17.7 Å². The molecule has 0 aliphatic carbocycles. The molecule has 1 fully saturated rings. The smallest absolute Gasteiger partial charge is 0.261 e. The molecule has 0 spiro atoms. The standard InChI is InChI=1S/C22H21ClFN5O3S/c23-19-7-6-18(33-19)22(32)27-17-11-28(10-15(17)25)12-20(30)26-16-5-4-13(9-14(16)24)29-8-2-1-3-21(29)31/h1-9,15,17H,10-12,25H2,(H,26,30)(H,27,32)/t15?,17-/m0/s1. The maximum absolute atomic E-state index is 14.6. The van der Waals surface area contributed by atoms with Crippen LogP contribution in [0.1, 0.15) is 9.67 Å². The molecular formula is C22H21ClFN5O3S. The fraction of sp³-hybridized carbons (Fsp3) is 0.227. The molecular weight excluding hydrogens is 469 g/mol. The molecule has 3 aromatic rings. The molecule has 2 atom stereocenters. The number of aromatic nitrogens is 1. The van der Waals surface area contributed by atoms with Gasteiger partial charge in [-0.25, -0.2) is 4.39 Å². The predicted molar refractivity (Wildman–Crippen MR) is 126 cm³/mol. The van der Waals surface area contributed by atoms with E-state index in [1.807, 2.05) is 0 Å². The molecule has 3 heterocycles. The van der Waals surface area contributed by atoms with Crippen molar-refractivity contribution in [2.75, 3.05) is 25.0 Å². The Morgan fingerprint density at radius 2 is 2.00 bits per heavy atom. The minimum absolute atomic E-state index is 0.00969. The summed E-state index contributed by atoms with van der Waals surface area (Å²) < 4.78 is 16.4. The van der Waals surface area contributed by atoms with Crippen molar-refractivity contribution in [1.82, 2.24) is 14.8 Å². The Balaban J connectivity index is 1.34. The van der Waals surface area contributed by atoms with Crippen molar-refractivity contribution in [2.24, 2.45) is 5.73 Å². The average molecular weight is 490 g/mol. The second-order valence-corrected chi connectivity index (χ2v) is 9.38. The van der Waals surface area contributed by atoms with E-state index in [-0.39, 0.29) is 35.8 Å². The molecule has 1 aromatic carbocycles. The summed E-state index contributed by atoms with van der Waals surface area (Å²) in [6.45, 7) is 0.782. The molecule has 0 radical (unpaired) electrons. The Morgan fingerprint density at radius 1 is 1.18 bits per heavy atom. The van der Waals surface area contributed by atoms with Gasteiger partial charge in [-0.3, -0.25) is 23.9 Å². The van der Waals surface area contributed by atoms with Gasteiger partial charge in [-0.15, -0.1) is 11.3 Å². The highest BCUT2D eigenvalue weighted by Gasteiger charge is 2.32. The number of carbonyl (C=O) groups is 2. The molecule has 8 nitrogen and oxygen atoms in total. The van der Waals surface area contributed by atoms with Crippen LogP contribution in [0.3, 0.4) is 0 Å². The monoisotopic (exact) mass is 489 g/mol. The van der Waals surface area contributed by atoms with E-state index in [2.05, 4.69) is 10.6 Å². The quantitative estimate of drug-likeness (QED) is 0.491. The Labute approximate surface area is 197 Å². The Hall–Kier alpha value is -3.05. The summed E-state index contributed by atoms with van der Waals surface area (Å²) in [6.07, 6.45) is 1.54. The number of benzene rings is 1.